The van der Waals surface area contributed by atoms with Gasteiger partial charge in [0.15, 0.2) is 12.4 Å². The fourth-order valence-corrected chi connectivity index (χ4v) is 1.68. The second-order valence-electron chi connectivity index (χ2n) is 3.85. The van der Waals surface area contributed by atoms with E-state index in [0.717, 1.165) is 16.9 Å². The maximum Gasteiger partial charge on any atom is 0.303 e. The van der Waals surface area contributed by atoms with E-state index in [1.165, 1.54) is 6.92 Å². The molecule has 1 rings (SSSR count). The normalized spacial score (nSPS) is 9.88. The summed E-state index contributed by atoms with van der Waals surface area (Å²) in [5.41, 5.74) is 2.31. The molecule has 0 atom stereocenters. The van der Waals surface area contributed by atoms with Crippen LogP contribution in [-0.2, 0) is 9.53 Å². The van der Waals surface area contributed by atoms with Crippen LogP contribution in [0.4, 0.5) is 0 Å². The summed E-state index contributed by atoms with van der Waals surface area (Å²) in [4.78, 5) is 22.4. The number of benzene rings is 1. The van der Waals surface area contributed by atoms with Crippen LogP contribution in [0.1, 0.15) is 28.4 Å². The quantitative estimate of drug-likeness (QED) is 0.593. The molecule has 0 radical (unpaired) electrons. The van der Waals surface area contributed by atoms with Crippen molar-refractivity contribution in [1.82, 2.24) is 0 Å². The summed E-state index contributed by atoms with van der Waals surface area (Å²) in [6, 6.07) is 3.47. The van der Waals surface area contributed by atoms with E-state index < -0.39 is 5.97 Å². The van der Waals surface area contributed by atoms with Crippen LogP contribution in [0.25, 0.3) is 0 Å². The molecule has 1 aromatic rings. The van der Waals surface area contributed by atoms with Crippen molar-refractivity contribution in [3.8, 4) is 5.75 Å². The van der Waals surface area contributed by atoms with Crippen LogP contribution < -0.4 is 4.74 Å². The third-order valence-corrected chi connectivity index (χ3v) is 2.39. The van der Waals surface area contributed by atoms with Crippen LogP contribution in [0.5, 0.6) is 5.75 Å². The van der Waals surface area contributed by atoms with Gasteiger partial charge in [-0.1, -0.05) is 0 Å². The largest absolute Gasteiger partial charge is 0.496 e. The molecule has 0 saturated carbocycles. The maximum atomic E-state index is 11.7. The molecule has 1 aromatic carbocycles. The van der Waals surface area contributed by atoms with Gasteiger partial charge in [0.05, 0.1) is 7.11 Å². The number of rotatable bonds is 4. The first-order valence-corrected chi connectivity index (χ1v) is 5.27. The number of hydrogen-bond acceptors (Lipinski definition) is 4. The lowest BCUT2D eigenvalue weighted by atomic mass is 10.0. The molecular formula is C13H16O4. The number of methoxy groups -OCH3 is 1. The van der Waals surface area contributed by atoms with Crippen LogP contribution in [0.2, 0.25) is 0 Å². The molecule has 0 aromatic heterocycles. The number of esters is 1. The highest BCUT2D eigenvalue weighted by Crippen LogP contribution is 2.24. The van der Waals surface area contributed by atoms with Gasteiger partial charge in [-0.15, -0.1) is 0 Å². The zero-order valence-electron chi connectivity index (χ0n) is 10.5. The molecule has 92 valence electrons. The molecule has 0 aliphatic carbocycles. The number of ether oxygens (including phenoxy) is 2. The Morgan fingerprint density at radius 1 is 1.18 bits per heavy atom. The zero-order valence-corrected chi connectivity index (χ0v) is 10.5. The van der Waals surface area contributed by atoms with Gasteiger partial charge < -0.3 is 9.47 Å². The molecule has 4 heteroatoms. The average molecular weight is 236 g/mol. The summed E-state index contributed by atoms with van der Waals surface area (Å²) < 4.78 is 9.89. The van der Waals surface area contributed by atoms with E-state index in [-0.39, 0.29) is 12.4 Å². The van der Waals surface area contributed by atoms with Crippen LogP contribution in [0, 0.1) is 13.8 Å². The lowest BCUT2D eigenvalue weighted by Gasteiger charge is -2.10. The van der Waals surface area contributed by atoms with Crippen LogP contribution in [0.3, 0.4) is 0 Å². The minimum absolute atomic E-state index is 0.214. The molecule has 0 amide bonds. The van der Waals surface area contributed by atoms with Gasteiger partial charge in [-0.05, 0) is 37.1 Å². The molecule has 0 unspecified atom stereocenters. The molecule has 0 aliphatic heterocycles. The third kappa shape index (κ3) is 3.31. The molecule has 0 N–H and O–H groups in total. The predicted octanol–water partition coefficient (Wildman–Crippen LogP) is 2.06. The average Bonchev–Trinajstić information content (AvgIpc) is 2.25. The fraction of sp³-hybridized carbons (Fsp3) is 0.385. The standard InChI is InChI=1S/C13H16O4/c1-8-5-11(6-9(2)13(8)16-4)12(15)7-17-10(3)14/h5-6H,7H2,1-4H3. The number of ketones is 1. The monoisotopic (exact) mass is 236 g/mol. The summed E-state index contributed by atoms with van der Waals surface area (Å²) in [5.74, 6) is 0.100. The van der Waals surface area contributed by atoms with Crippen molar-refractivity contribution < 1.29 is 19.1 Å². The molecular weight excluding hydrogens is 220 g/mol. The fourth-order valence-electron chi connectivity index (χ4n) is 1.68. The second-order valence-corrected chi connectivity index (χ2v) is 3.85. The Kier molecular flexibility index (Phi) is 4.26. The second kappa shape index (κ2) is 5.48. The third-order valence-electron chi connectivity index (χ3n) is 2.39. The maximum absolute atomic E-state index is 11.7. The van der Waals surface area contributed by atoms with E-state index >= 15 is 0 Å². The van der Waals surface area contributed by atoms with Gasteiger partial charge in [-0.3, -0.25) is 9.59 Å². The van der Waals surface area contributed by atoms with E-state index in [1.807, 2.05) is 13.8 Å². The highest BCUT2D eigenvalue weighted by atomic mass is 16.5. The van der Waals surface area contributed by atoms with Gasteiger partial charge in [-0.2, -0.15) is 0 Å². The topological polar surface area (TPSA) is 52.6 Å². The number of Topliss-reactive ketones (excluding diaryl/α,β-unsaturated/α-hetero) is 1. The van der Waals surface area contributed by atoms with E-state index in [1.54, 1.807) is 19.2 Å². The van der Waals surface area contributed by atoms with Crippen LogP contribution >= 0.6 is 0 Å². The van der Waals surface area contributed by atoms with E-state index in [4.69, 9.17) is 4.74 Å². The summed E-state index contributed by atoms with van der Waals surface area (Å²) >= 11 is 0. The first-order valence-electron chi connectivity index (χ1n) is 5.27. The Labute approximate surface area is 101 Å². The van der Waals surface area contributed by atoms with Gasteiger partial charge in [0.25, 0.3) is 0 Å². The summed E-state index contributed by atoms with van der Waals surface area (Å²) in [7, 11) is 1.59. The van der Waals surface area contributed by atoms with Crippen LogP contribution in [0.15, 0.2) is 12.1 Å². The van der Waals surface area contributed by atoms with E-state index in [9.17, 15) is 9.59 Å². The number of hydrogen-bond donors (Lipinski definition) is 0. The minimum atomic E-state index is -0.458. The van der Waals surface area contributed by atoms with E-state index in [0.29, 0.717) is 5.56 Å². The Morgan fingerprint density at radius 2 is 1.71 bits per heavy atom. The molecule has 0 heterocycles. The van der Waals surface area contributed by atoms with Gasteiger partial charge in [-0.25, -0.2) is 0 Å². The molecule has 0 fully saturated rings. The Hall–Kier alpha value is -1.84. The van der Waals surface area contributed by atoms with Crippen molar-refractivity contribution in [2.24, 2.45) is 0 Å². The van der Waals surface area contributed by atoms with Crippen molar-refractivity contribution in [3.63, 3.8) is 0 Å². The predicted molar refractivity (Wildman–Crippen MR) is 63.4 cm³/mol. The highest BCUT2D eigenvalue weighted by molar-refractivity contribution is 5.98. The summed E-state index contributed by atoms with van der Waals surface area (Å²) in [6.45, 7) is 4.79. The lowest BCUT2D eigenvalue weighted by Crippen LogP contribution is -2.12. The Morgan fingerprint density at radius 3 is 2.12 bits per heavy atom. The highest BCUT2D eigenvalue weighted by Gasteiger charge is 2.12. The van der Waals surface area contributed by atoms with Gasteiger partial charge in [0.2, 0.25) is 0 Å². The Bertz CT molecular complexity index is 426. The first kappa shape index (κ1) is 13.2. The SMILES string of the molecule is COc1c(C)cc(C(=O)COC(C)=O)cc1C. The molecule has 0 bridgehead atoms. The summed E-state index contributed by atoms with van der Waals surface area (Å²) in [6.07, 6.45) is 0. The number of carbonyl (C=O) groups excluding carboxylic acids is 2. The first-order chi connectivity index (χ1) is 7.95. The molecule has 17 heavy (non-hydrogen) atoms. The van der Waals surface area contributed by atoms with E-state index in [2.05, 4.69) is 4.74 Å². The van der Waals surface area contributed by atoms with Crippen molar-refractivity contribution in [1.29, 1.82) is 0 Å². The summed E-state index contributed by atoms with van der Waals surface area (Å²) in [5, 5.41) is 0. The minimum Gasteiger partial charge on any atom is -0.496 e. The van der Waals surface area contributed by atoms with Gasteiger partial charge >= 0.3 is 5.97 Å². The smallest absolute Gasteiger partial charge is 0.303 e. The Balaban J connectivity index is 2.92. The molecule has 4 nitrogen and oxygen atoms in total. The number of aryl methyl sites for hydroxylation is 2. The van der Waals surface area contributed by atoms with Gasteiger partial charge in [0, 0.05) is 12.5 Å². The zero-order chi connectivity index (χ0) is 13.0. The van der Waals surface area contributed by atoms with Gasteiger partial charge in [0.1, 0.15) is 5.75 Å². The molecule has 0 aliphatic rings. The van der Waals surface area contributed by atoms with Crippen molar-refractivity contribution in [2.45, 2.75) is 20.8 Å². The van der Waals surface area contributed by atoms with Crippen LogP contribution in [-0.4, -0.2) is 25.5 Å². The molecule has 0 spiro atoms. The number of carbonyl (C=O) groups is 2. The lowest BCUT2D eigenvalue weighted by molar-refractivity contribution is -0.139. The van der Waals surface area contributed by atoms with Crippen molar-refractivity contribution >= 4 is 11.8 Å². The van der Waals surface area contributed by atoms with Crippen molar-refractivity contribution in [2.75, 3.05) is 13.7 Å². The van der Waals surface area contributed by atoms with Crippen molar-refractivity contribution in [3.05, 3.63) is 28.8 Å². The molecule has 0 saturated heterocycles.